The Hall–Kier alpha value is -3.75. The summed E-state index contributed by atoms with van der Waals surface area (Å²) < 4.78 is 4.79. The zero-order valence-corrected chi connectivity index (χ0v) is 15.4. The number of para-hydroxylation sites is 1. The highest BCUT2D eigenvalue weighted by molar-refractivity contribution is 5.97. The molecular weight excluding hydrogens is 366 g/mol. The van der Waals surface area contributed by atoms with Crippen molar-refractivity contribution in [2.24, 2.45) is 0 Å². The van der Waals surface area contributed by atoms with Gasteiger partial charge in [-0.1, -0.05) is 29.8 Å². The summed E-state index contributed by atoms with van der Waals surface area (Å²) in [6.07, 6.45) is 0. The first-order valence-electron chi connectivity index (χ1n) is 8.32. The van der Waals surface area contributed by atoms with Crippen molar-refractivity contribution in [3.63, 3.8) is 0 Å². The number of carbonyl (C=O) groups is 3. The molecule has 2 aromatic rings. The second-order valence-electron chi connectivity index (χ2n) is 5.98. The number of carbonyl (C=O) groups excluding carboxylic acids is 3. The van der Waals surface area contributed by atoms with Gasteiger partial charge in [-0.25, -0.2) is 0 Å². The molecule has 0 aliphatic carbocycles. The molecule has 2 rings (SSSR count). The number of amides is 2. The maximum absolute atomic E-state index is 11.9. The van der Waals surface area contributed by atoms with Crippen molar-refractivity contribution in [2.75, 3.05) is 18.5 Å². The molecular formula is C19H19N3O6. The molecule has 0 saturated heterocycles. The third-order valence-corrected chi connectivity index (χ3v) is 3.78. The molecule has 2 amide bonds. The molecule has 0 bridgehead atoms. The van der Waals surface area contributed by atoms with Gasteiger partial charge in [0.2, 0.25) is 0 Å². The van der Waals surface area contributed by atoms with Crippen molar-refractivity contribution in [3.8, 4) is 0 Å². The van der Waals surface area contributed by atoms with Gasteiger partial charge in [-0.05, 0) is 31.5 Å². The molecule has 146 valence electrons. The lowest BCUT2D eigenvalue weighted by Crippen LogP contribution is -2.32. The molecule has 0 fully saturated rings. The molecule has 2 N–H and O–H groups in total. The molecule has 0 atom stereocenters. The first kappa shape index (κ1) is 20.6. The number of nitrogens with one attached hydrogen (secondary N) is 2. The van der Waals surface area contributed by atoms with Gasteiger partial charge in [-0.15, -0.1) is 0 Å². The van der Waals surface area contributed by atoms with Gasteiger partial charge < -0.3 is 15.4 Å². The van der Waals surface area contributed by atoms with Crippen LogP contribution >= 0.6 is 0 Å². The fourth-order valence-corrected chi connectivity index (χ4v) is 2.30. The fraction of sp³-hybridized carbons (Fsp3) is 0.211. The number of rotatable bonds is 7. The molecule has 0 aliphatic rings. The van der Waals surface area contributed by atoms with E-state index in [4.69, 9.17) is 4.74 Å². The van der Waals surface area contributed by atoms with Crippen LogP contribution in [0.1, 0.15) is 21.5 Å². The monoisotopic (exact) mass is 385 g/mol. The number of nitro benzene ring substituents is 1. The van der Waals surface area contributed by atoms with Crippen LogP contribution in [-0.2, 0) is 14.3 Å². The van der Waals surface area contributed by atoms with E-state index in [0.29, 0.717) is 11.1 Å². The van der Waals surface area contributed by atoms with E-state index in [0.717, 1.165) is 5.56 Å². The number of hydrogen-bond donors (Lipinski definition) is 2. The van der Waals surface area contributed by atoms with Crippen LogP contribution in [0.15, 0.2) is 42.5 Å². The Labute approximate surface area is 160 Å². The molecule has 0 saturated carbocycles. The molecule has 0 heterocycles. The first-order chi connectivity index (χ1) is 13.3. The highest BCUT2D eigenvalue weighted by Crippen LogP contribution is 2.27. The minimum absolute atomic E-state index is 0.0428. The van der Waals surface area contributed by atoms with Gasteiger partial charge in [-0.2, -0.15) is 0 Å². The molecule has 2 aromatic carbocycles. The summed E-state index contributed by atoms with van der Waals surface area (Å²) in [6.45, 7) is 2.44. The lowest BCUT2D eigenvalue weighted by atomic mass is 10.1. The van der Waals surface area contributed by atoms with E-state index in [1.165, 1.54) is 12.1 Å². The Kier molecular flexibility index (Phi) is 6.80. The second-order valence-corrected chi connectivity index (χ2v) is 5.98. The normalized spacial score (nSPS) is 10.1. The second kappa shape index (κ2) is 9.26. The predicted octanol–water partition coefficient (Wildman–Crippen LogP) is 2.12. The molecule has 0 radical (unpaired) electrons. The number of hydrogen-bond acceptors (Lipinski definition) is 6. The number of nitrogens with zero attached hydrogens (tertiary/aromatic N) is 1. The number of anilines is 1. The van der Waals surface area contributed by atoms with E-state index in [9.17, 15) is 24.5 Å². The lowest BCUT2D eigenvalue weighted by Gasteiger charge is -2.10. The summed E-state index contributed by atoms with van der Waals surface area (Å²) in [5.41, 5.74) is 1.67. The van der Waals surface area contributed by atoms with E-state index in [1.807, 2.05) is 6.92 Å². The fourth-order valence-electron chi connectivity index (χ4n) is 2.30. The van der Waals surface area contributed by atoms with Gasteiger partial charge in [0.1, 0.15) is 12.2 Å². The Balaban J connectivity index is 1.83. The molecule has 0 spiro atoms. The Morgan fingerprint density at radius 3 is 2.39 bits per heavy atom. The highest BCUT2D eigenvalue weighted by Gasteiger charge is 2.18. The number of aryl methyl sites for hydroxylation is 2. The third kappa shape index (κ3) is 5.63. The molecule has 0 aromatic heterocycles. The SMILES string of the molecule is Cc1ccc(C(=O)NCC(=O)OCC(=O)Nc2c(C)cccc2[N+](=O)[O-])cc1. The van der Waals surface area contributed by atoms with Crippen LogP contribution in [0.25, 0.3) is 0 Å². The number of nitro groups is 1. The van der Waals surface area contributed by atoms with Crippen molar-refractivity contribution in [3.05, 3.63) is 69.3 Å². The summed E-state index contributed by atoms with van der Waals surface area (Å²) in [5, 5.41) is 15.8. The van der Waals surface area contributed by atoms with E-state index >= 15 is 0 Å². The quantitative estimate of drug-likeness (QED) is 0.427. The zero-order chi connectivity index (χ0) is 20.7. The van der Waals surface area contributed by atoms with Gasteiger partial charge in [0.15, 0.2) is 6.61 Å². The van der Waals surface area contributed by atoms with Gasteiger partial charge in [-0.3, -0.25) is 24.5 Å². The minimum Gasteiger partial charge on any atom is -0.454 e. The molecule has 9 heteroatoms. The van der Waals surface area contributed by atoms with Crippen molar-refractivity contribution in [1.82, 2.24) is 5.32 Å². The standard InChI is InChI=1S/C19H19N3O6/c1-12-6-8-14(9-7-12)19(25)20-10-17(24)28-11-16(23)21-18-13(2)4-3-5-15(18)22(26)27/h3-9H,10-11H2,1-2H3,(H,20,25)(H,21,23). The smallest absolute Gasteiger partial charge is 0.325 e. The van der Waals surface area contributed by atoms with Crippen LogP contribution < -0.4 is 10.6 Å². The average Bonchev–Trinajstić information content (AvgIpc) is 2.66. The number of ether oxygens (including phenoxy) is 1. The summed E-state index contributed by atoms with van der Waals surface area (Å²) in [7, 11) is 0. The number of benzene rings is 2. The van der Waals surface area contributed by atoms with Crippen LogP contribution in [0, 0.1) is 24.0 Å². The van der Waals surface area contributed by atoms with Gasteiger partial charge in [0.25, 0.3) is 17.5 Å². The molecule has 28 heavy (non-hydrogen) atoms. The lowest BCUT2D eigenvalue weighted by molar-refractivity contribution is -0.384. The summed E-state index contributed by atoms with van der Waals surface area (Å²) >= 11 is 0. The maximum atomic E-state index is 11.9. The molecule has 0 unspecified atom stereocenters. The van der Waals surface area contributed by atoms with Crippen LogP contribution in [0.2, 0.25) is 0 Å². The van der Waals surface area contributed by atoms with Crippen LogP contribution in [-0.4, -0.2) is 35.9 Å². The maximum Gasteiger partial charge on any atom is 0.325 e. The van der Waals surface area contributed by atoms with E-state index in [1.54, 1.807) is 37.3 Å². The van der Waals surface area contributed by atoms with Gasteiger partial charge in [0, 0.05) is 11.6 Å². The van der Waals surface area contributed by atoms with Crippen molar-refractivity contribution < 1.29 is 24.0 Å². The minimum atomic E-state index is -0.810. The summed E-state index contributed by atoms with van der Waals surface area (Å²) in [6, 6.07) is 11.1. The van der Waals surface area contributed by atoms with Crippen molar-refractivity contribution in [1.29, 1.82) is 0 Å². The summed E-state index contributed by atoms with van der Waals surface area (Å²) in [5.74, 6) is -1.98. The van der Waals surface area contributed by atoms with Crippen LogP contribution in [0.4, 0.5) is 11.4 Å². The van der Waals surface area contributed by atoms with E-state index < -0.39 is 35.9 Å². The van der Waals surface area contributed by atoms with Crippen LogP contribution in [0.3, 0.4) is 0 Å². The molecule has 0 aliphatic heterocycles. The van der Waals surface area contributed by atoms with Crippen molar-refractivity contribution >= 4 is 29.2 Å². The molecule has 9 nitrogen and oxygen atoms in total. The van der Waals surface area contributed by atoms with Crippen LogP contribution in [0.5, 0.6) is 0 Å². The highest BCUT2D eigenvalue weighted by atomic mass is 16.6. The van der Waals surface area contributed by atoms with E-state index in [-0.39, 0.29) is 11.4 Å². The Bertz CT molecular complexity index is 908. The summed E-state index contributed by atoms with van der Waals surface area (Å²) in [4.78, 5) is 46.0. The topological polar surface area (TPSA) is 128 Å². The van der Waals surface area contributed by atoms with Gasteiger partial charge in [0.05, 0.1) is 4.92 Å². The Morgan fingerprint density at radius 2 is 1.75 bits per heavy atom. The largest absolute Gasteiger partial charge is 0.454 e. The van der Waals surface area contributed by atoms with Crippen molar-refractivity contribution in [2.45, 2.75) is 13.8 Å². The van der Waals surface area contributed by atoms with E-state index in [2.05, 4.69) is 10.6 Å². The third-order valence-electron chi connectivity index (χ3n) is 3.78. The zero-order valence-electron chi connectivity index (χ0n) is 15.4. The predicted molar refractivity (Wildman–Crippen MR) is 101 cm³/mol. The average molecular weight is 385 g/mol. The first-order valence-corrected chi connectivity index (χ1v) is 8.32. The van der Waals surface area contributed by atoms with Gasteiger partial charge >= 0.3 is 5.97 Å². The number of esters is 1. The Morgan fingerprint density at radius 1 is 1.07 bits per heavy atom.